The quantitative estimate of drug-likeness (QED) is 0.723. The highest BCUT2D eigenvalue weighted by Crippen LogP contribution is 2.26. The van der Waals surface area contributed by atoms with Gasteiger partial charge in [-0.3, -0.25) is 0 Å². The standard InChI is InChI=1S/C9H7F3N2O/c10-5-2-7(12)6(11)1-4(5)8-3-14-9(13)15-8/h1-2,8H,3H2,(H2,13,14). The number of hydrogen-bond acceptors (Lipinski definition) is 3. The van der Waals surface area contributed by atoms with Gasteiger partial charge in [0.25, 0.3) is 6.02 Å². The van der Waals surface area contributed by atoms with Crippen molar-refractivity contribution in [2.75, 3.05) is 6.54 Å². The molecular formula is C9H7F3N2O. The zero-order valence-corrected chi connectivity index (χ0v) is 7.51. The lowest BCUT2D eigenvalue weighted by molar-refractivity contribution is 0.219. The van der Waals surface area contributed by atoms with Crippen LogP contribution in [0.25, 0.3) is 0 Å². The van der Waals surface area contributed by atoms with Gasteiger partial charge in [-0.25, -0.2) is 18.2 Å². The van der Waals surface area contributed by atoms with E-state index in [1.165, 1.54) is 0 Å². The molecule has 1 aromatic carbocycles. The van der Waals surface area contributed by atoms with Gasteiger partial charge in [-0.2, -0.15) is 0 Å². The first-order chi connectivity index (χ1) is 7.08. The molecule has 0 saturated carbocycles. The maximum atomic E-state index is 13.2. The summed E-state index contributed by atoms with van der Waals surface area (Å²) in [6.45, 7) is 0.105. The Bertz CT molecular complexity index is 434. The molecular weight excluding hydrogens is 209 g/mol. The number of nitrogens with zero attached hydrogens (tertiary/aromatic N) is 1. The van der Waals surface area contributed by atoms with E-state index in [9.17, 15) is 13.2 Å². The molecule has 0 radical (unpaired) electrons. The van der Waals surface area contributed by atoms with Crippen molar-refractivity contribution in [2.45, 2.75) is 6.10 Å². The summed E-state index contributed by atoms with van der Waals surface area (Å²) < 4.78 is 43.6. The number of hydrogen-bond donors (Lipinski definition) is 1. The summed E-state index contributed by atoms with van der Waals surface area (Å²) in [5.74, 6) is -3.23. The molecule has 15 heavy (non-hydrogen) atoms. The molecule has 6 heteroatoms. The number of nitrogens with two attached hydrogens (primary N) is 1. The summed E-state index contributed by atoms with van der Waals surface area (Å²) in [5, 5.41) is 0. The van der Waals surface area contributed by atoms with Crippen molar-refractivity contribution in [2.24, 2.45) is 10.7 Å². The zero-order chi connectivity index (χ0) is 11.0. The number of halogens is 3. The molecule has 1 heterocycles. The van der Waals surface area contributed by atoms with Gasteiger partial charge in [0.05, 0.1) is 6.54 Å². The van der Waals surface area contributed by atoms with Crippen molar-refractivity contribution in [3.8, 4) is 0 Å². The monoisotopic (exact) mass is 216 g/mol. The van der Waals surface area contributed by atoms with E-state index >= 15 is 0 Å². The van der Waals surface area contributed by atoms with Crippen LogP contribution in [-0.2, 0) is 4.74 Å². The molecule has 0 spiro atoms. The molecule has 1 unspecified atom stereocenters. The van der Waals surface area contributed by atoms with Crippen LogP contribution in [0.4, 0.5) is 13.2 Å². The van der Waals surface area contributed by atoms with Crippen LogP contribution in [-0.4, -0.2) is 12.6 Å². The summed E-state index contributed by atoms with van der Waals surface area (Å²) in [6, 6.07) is 1.15. The normalized spacial score (nSPS) is 19.9. The lowest BCUT2D eigenvalue weighted by atomic mass is 10.1. The topological polar surface area (TPSA) is 47.6 Å². The average molecular weight is 216 g/mol. The van der Waals surface area contributed by atoms with Crippen LogP contribution in [0.1, 0.15) is 11.7 Å². The van der Waals surface area contributed by atoms with E-state index < -0.39 is 23.6 Å². The maximum Gasteiger partial charge on any atom is 0.282 e. The molecule has 2 rings (SSSR count). The first kappa shape index (κ1) is 9.82. The third kappa shape index (κ3) is 1.74. The van der Waals surface area contributed by atoms with Gasteiger partial charge in [0.15, 0.2) is 11.6 Å². The number of rotatable bonds is 1. The molecule has 0 fully saturated rings. The largest absolute Gasteiger partial charge is 0.455 e. The van der Waals surface area contributed by atoms with Gasteiger partial charge in [-0.15, -0.1) is 0 Å². The molecule has 1 atom stereocenters. The molecule has 1 aliphatic rings. The number of amidine groups is 1. The summed E-state index contributed by atoms with van der Waals surface area (Å²) >= 11 is 0. The molecule has 1 aromatic rings. The van der Waals surface area contributed by atoms with Gasteiger partial charge in [0, 0.05) is 11.6 Å². The van der Waals surface area contributed by atoms with Crippen molar-refractivity contribution >= 4 is 6.02 Å². The number of aliphatic imine (C=N–C) groups is 1. The van der Waals surface area contributed by atoms with Crippen LogP contribution >= 0.6 is 0 Å². The van der Waals surface area contributed by atoms with E-state index in [0.717, 1.165) is 6.07 Å². The summed E-state index contributed by atoms with van der Waals surface area (Å²) in [5.41, 5.74) is 5.13. The molecule has 2 N–H and O–H groups in total. The van der Waals surface area contributed by atoms with Crippen LogP contribution in [0.3, 0.4) is 0 Å². The maximum absolute atomic E-state index is 13.2. The van der Waals surface area contributed by atoms with Crippen LogP contribution in [0.5, 0.6) is 0 Å². The van der Waals surface area contributed by atoms with Crippen molar-refractivity contribution in [3.63, 3.8) is 0 Å². The first-order valence-corrected chi connectivity index (χ1v) is 4.19. The van der Waals surface area contributed by atoms with Crippen LogP contribution in [0, 0.1) is 17.5 Å². The lowest BCUT2D eigenvalue weighted by Crippen LogP contribution is -2.14. The molecule has 1 aliphatic heterocycles. The Morgan fingerprint density at radius 3 is 2.47 bits per heavy atom. The van der Waals surface area contributed by atoms with Gasteiger partial charge in [0.1, 0.15) is 11.9 Å². The van der Waals surface area contributed by atoms with E-state index in [1.807, 2.05) is 0 Å². The van der Waals surface area contributed by atoms with Crippen molar-refractivity contribution < 1.29 is 17.9 Å². The minimum absolute atomic E-state index is 0.0795. The second-order valence-corrected chi connectivity index (χ2v) is 3.07. The third-order valence-corrected chi connectivity index (χ3v) is 2.06. The van der Waals surface area contributed by atoms with Crippen molar-refractivity contribution in [1.29, 1.82) is 0 Å². The highest BCUT2D eigenvalue weighted by atomic mass is 19.2. The van der Waals surface area contributed by atoms with Gasteiger partial charge in [-0.05, 0) is 6.07 Å². The summed E-state index contributed by atoms with van der Waals surface area (Å²) in [7, 11) is 0. The van der Waals surface area contributed by atoms with Crippen LogP contribution in [0.2, 0.25) is 0 Å². The summed E-state index contributed by atoms with van der Waals surface area (Å²) in [6.07, 6.45) is -0.778. The lowest BCUT2D eigenvalue weighted by Gasteiger charge is -2.11. The Labute approximate surface area is 83.4 Å². The molecule has 0 saturated heterocycles. The number of ether oxygens (including phenoxy) is 1. The Morgan fingerprint density at radius 1 is 1.20 bits per heavy atom. The number of benzene rings is 1. The van der Waals surface area contributed by atoms with Gasteiger partial charge < -0.3 is 10.5 Å². The fourth-order valence-corrected chi connectivity index (χ4v) is 1.34. The molecule has 0 amide bonds. The molecule has 0 aromatic heterocycles. The third-order valence-electron chi connectivity index (χ3n) is 2.06. The van der Waals surface area contributed by atoms with Crippen molar-refractivity contribution in [1.82, 2.24) is 0 Å². The highest BCUT2D eigenvalue weighted by molar-refractivity contribution is 5.73. The predicted molar refractivity (Wildman–Crippen MR) is 46.6 cm³/mol. The fraction of sp³-hybridized carbons (Fsp3) is 0.222. The van der Waals surface area contributed by atoms with E-state index in [2.05, 4.69) is 4.99 Å². The van der Waals surface area contributed by atoms with Gasteiger partial charge in [-0.1, -0.05) is 0 Å². The Balaban J connectivity index is 2.33. The zero-order valence-electron chi connectivity index (χ0n) is 7.51. The summed E-state index contributed by atoms with van der Waals surface area (Å²) in [4.78, 5) is 3.68. The molecule has 0 aliphatic carbocycles. The fourth-order valence-electron chi connectivity index (χ4n) is 1.34. The second kappa shape index (κ2) is 3.45. The molecule has 80 valence electrons. The van der Waals surface area contributed by atoms with E-state index in [0.29, 0.717) is 6.07 Å². The van der Waals surface area contributed by atoms with E-state index in [4.69, 9.17) is 10.5 Å². The Hall–Kier alpha value is -1.72. The van der Waals surface area contributed by atoms with E-state index in [-0.39, 0.29) is 18.1 Å². The molecule has 0 bridgehead atoms. The highest BCUT2D eigenvalue weighted by Gasteiger charge is 2.24. The minimum Gasteiger partial charge on any atom is -0.455 e. The van der Waals surface area contributed by atoms with Gasteiger partial charge >= 0.3 is 0 Å². The Morgan fingerprint density at radius 2 is 1.87 bits per heavy atom. The van der Waals surface area contributed by atoms with Crippen LogP contribution in [0.15, 0.2) is 17.1 Å². The smallest absolute Gasteiger partial charge is 0.282 e. The van der Waals surface area contributed by atoms with Gasteiger partial charge in [0.2, 0.25) is 0 Å². The predicted octanol–water partition coefficient (Wildman–Crippen LogP) is 1.49. The second-order valence-electron chi connectivity index (χ2n) is 3.07. The minimum atomic E-state index is -1.23. The van der Waals surface area contributed by atoms with Crippen LogP contribution < -0.4 is 5.73 Å². The average Bonchev–Trinajstić information content (AvgIpc) is 2.58. The molecule has 3 nitrogen and oxygen atoms in total. The Kier molecular flexibility index (Phi) is 2.26. The van der Waals surface area contributed by atoms with Crippen molar-refractivity contribution in [3.05, 3.63) is 35.1 Å². The van der Waals surface area contributed by atoms with E-state index in [1.54, 1.807) is 0 Å². The first-order valence-electron chi connectivity index (χ1n) is 4.19. The SMILES string of the molecule is NC1=NCC(c2cc(F)c(F)cc2F)O1.